The summed E-state index contributed by atoms with van der Waals surface area (Å²) in [5, 5.41) is 17.7. The van der Waals surface area contributed by atoms with E-state index in [2.05, 4.69) is 72.3 Å². The number of hydrogen-bond donors (Lipinski definition) is 1. The molecule has 8 aromatic rings. The van der Waals surface area contributed by atoms with Crippen LogP contribution in [-0.4, -0.2) is 20.9 Å². The summed E-state index contributed by atoms with van der Waals surface area (Å²) in [7, 11) is 0. The van der Waals surface area contributed by atoms with Crippen LogP contribution in [0.1, 0.15) is 75.6 Å². The number of allylic oxidation sites excluding steroid dienone is 2. The minimum atomic E-state index is -0.221. The number of carbonyl (C=O) groups excluding carboxylic acids is 1. The van der Waals surface area contributed by atoms with Crippen LogP contribution < -0.4 is 0 Å². The van der Waals surface area contributed by atoms with Gasteiger partial charge in [0.1, 0.15) is 11.6 Å². The Hall–Kier alpha value is -5.62. The van der Waals surface area contributed by atoms with Crippen LogP contribution in [0.25, 0.3) is 65.6 Å². The maximum atomic E-state index is 13.7. The minimum Gasteiger partial charge on any atom is -0.512 e. The van der Waals surface area contributed by atoms with Gasteiger partial charge in [-0.3, -0.25) is 4.79 Å². The molecule has 6 aromatic carbocycles. The van der Waals surface area contributed by atoms with Crippen LogP contribution in [0, 0.1) is 63.3 Å². The molecule has 7 heteroatoms. The zero-order valence-electron chi connectivity index (χ0n) is 36.8. The third kappa shape index (κ3) is 11.1. The topological polar surface area (TPSA) is 63.1 Å². The van der Waals surface area contributed by atoms with E-state index in [-0.39, 0.29) is 55.1 Å². The zero-order chi connectivity index (χ0) is 43.8. The molecular formula is C55H54F2IrN2O2-2. The van der Waals surface area contributed by atoms with Crippen molar-refractivity contribution in [3.8, 4) is 22.5 Å². The molecule has 0 spiro atoms. The van der Waals surface area contributed by atoms with Crippen molar-refractivity contribution in [3.63, 3.8) is 0 Å². The first-order chi connectivity index (χ1) is 29.3. The molecule has 0 aliphatic carbocycles. The predicted octanol–water partition coefficient (Wildman–Crippen LogP) is 15.1. The van der Waals surface area contributed by atoms with Crippen LogP contribution in [0.5, 0.6) is 0 Å². The number of aryl methyl sites for hydroxylation is 4. The van der Waals surface area contributed by atoms with E-state index in [9.17, 15) is 18.7 Å². The molecule has 2 heterocycles. The number of nitrogens with zero attached hydrogens (tertiary/aromatic N) is 2. The molecule has 0 aliphatic heterocycles. The fraction of sp³-hybridized carbons (Fsp3) is 0.255. The van der Waals surface area contributed by atoms with E-state index in [4.69, 9.17) is 0 Å². The second-order valence-electron chi connectivity index (χ2n) is 15.9. The Balaban J connectivity index is 0.000000179. The van der Waals surface area contributed by atoms with Gasteiger partial charge in [-0.25, -0.2) is 8.78 Å². The molecule has 8 rings (SSSR count). The molecule has 321 valence electrons. The van der Waals surface area contributed by atoms with Gasteiger partial charge in [0.15, 0.2) is 5.78 Å². The Morgan fingerprint density at radius 2 is 0.968 bits per heavy atom. The monoisotopic (exact) mass is 1010 g/mol. The first-order valence-electron chi connectivity index (χ1n) is 21.2. The molecule has 0 saturated carbocycles. The number of benzene rings is 6. The number of rotatable bonds is 9. The molecule has 0 fully saturated rings. The van der Waals surface area contributed by atoms with Gasteiger partial charge in [-0.1, -0.05) is 91.8 Å². The maximum Gasteiger partial charge on any atom is 0.162 e. The van der Waals surface area contributed by atoms with E-state index in [1.165, 1.54) is 29.3 Å². The molecule has 2 aromatic heterocycles. The van der Waals surface area contributed by atoms with Gasteiger partial charge in [0.05, 0.1) is 5.76 Å². The Bertz CT molecular complexity index is 2670. The summed E-state index contributed by atoms with van der Waals surface area (Å²) in [5.74, 6) is 0.105. The average molecular weight is 1010 g/mol. The number of carbonyl (C=O) groups is 1. The van der Waals surface area contributed by atoms with E-state index in [1.54, 1.807) is 24.5 Å². The fourth-order valence-corrected chi connectivity index (χ4v) is 8.17. The van der Waals surface area contributed by atoms with Crippen molar-refractivity contribution in [2.75, 3.05) is 0 Å². The third-order valence-electron chi connectivity index (χ3n) is 11.3. The van der Waals surface area contributed by atoms with Crippen LogP contribution in [0.3, 0.4) is 0 Å². The van der Waals surface area contributed by atoms with Gasteiger partial charge in [-0.2, -0.15) is 0 Å². The number of hydrogen-bond acceptors (Lipinski definition) is 4. The van der Waals surface area contributed by atoms with Crippen LogP contribution in [0.2, 0.25) is 0 Å². The Morgan fingerprint density at radius 1 is 0.565 bits per heavy atom. The molecule has 0 atom stereocenters. The normalized spacial score (nSPS) is 11.4. The molecule has 1 radical (unpaired) electrons. The predicted molar refractivity (Wildman–Crippen MR) is 250 cm³/mol. The summed E-state index contributed by atoms with van der Waals surface area (Å²) < 4.78 is 27.3. The summed E-state index contributed by atoms with van der Waals surface area (Å²) in [6.07, 6.45) is 8.48. The second-order valence-corrected chi connectivity index (χ2v) is 15.9. The molecule has 62 heavy (non-hydrogen) atoms. The first-order valence-corrected chi connectivity index (χ1v) is 21.2. The number of fused-ring (bicyclic) bond motifs is 6. The molecule has 0 amide bonds. The number of ketones is 1. The minimum absolute atomic E-state index is 0. The summed E-state index contributed by atoms with van der Waals surface area (Å²) in [6.45, 7) is 16.3. The van der Waals surface area contributed by atoms with E-state index >= 15 is 0 Å². The second kappa shape index (κ2) is 21.4. The third-order valence-corrected chi connectivity index (χ3v) is 11.3. The standard InChI is InChI=1S/2C21H15FN.C13H24O2.Ir/c2*1-13-9-14(2)11-16(10-13)21-19-6-4-15-3-5-17(22)12-20(15)18(19)7-8-23-21;1-5-10(6-2)12(14)9-13(15)11(7-3)8-4;/h2*3-10,12H,1-2H3;9-11,14H,5-8H2,1-4H3;/q2*-1;;/b;;12-9-;. The number of pyridine rings is 2. The fourth-order valence-electron chi connectivity index (χ4n) is 8.17. The molecule has 0 aliphatic rings. The molecule has 0 unspecified atom stereocenters. The van der Waals surface area contributed by atoms with Gasteiger partial charge in [0.2, 0.25) is 0 Å². The van der Waals surface area contributed by atoms with E-state index < -0.39 is 0 Å². The molecule has 4 nitrogen and oxygen atoms in total. The van der Waals surface area contributed by atoms with E-state index in [0.29, 0.717) is 0 Å². The van der Waals surface area contributed by atoms with Crippen molar-refractivity contribution in [1.82, 2.24) is 9.97 Å². The maximum absolute atomic E-state index is 13.7. The Kier molecular flexibility index (Phi) is 16.4. The van der Waals surface area contributed by atoms with Crippen molar-refractivity contribution in [3.05, 3.63) is 167 Å². The van der Waals surface area contributed by atoms with Gasteiger partial charge in [-0.15, -0.1) is 69.8 Å². The Morgan fingerprint density at radius 3 is 1.35 bits per heavy atom. The van der Waals surface area contributed by atoms with E-state index in [1.807, 2.05) is 77.9 Å². The van der Waals surface area contributed by atoms with Crippen LogP contribution >= 0.6 is 0 Å². The van der Waals surface area contributed by atoms with Gasteiger partial charge in [0.25, 0.3) is 0 Å². The van der Waals surface area contributed by atoms with Crippen molar-refractivity contribution in [2.24, 2.45) is 11.8 Å². The average Bonchev–Trinajstić information content (AvgIpc) is 3.23. The van der Waals surface area contributed by atoms with Gasteiger partial charge in [-0.05, 0) is 117 Å². The van der Waals surface area contributed by atoms with Crippen LogP contribution in [-0.2, 0) is 24.9 Å². The molecule has 0 saturated heterocycles. The van der Waals surface area contributed by atoms with Gasteiger partial charge < -0.3 is 15.1 Å². The smallest absolute Gasteiger partial charge is 0.162 e. The Labute approximate surface area is 378 Å². The van der Waals surface area contributed by atoms with Crippen molar-refractivity contribution in [2.45, 2.75) is 81.1 Å². The van der Waals surface area contributed by atoms with Crippen molar-refractivity contribution in [1.29, 1.82) is 0 Å². The van der Waals surface area contributed by atoms with Crippen molar-refractivity contribution < 1.29 is 38.8 Å². The molecule has 1 N–H and O–H groups in total. The van der Waals surface area contributed by atoms with Crippen LogP contribution in [0.15, 0.2) is 121 Å². The van der Waals surface area contributed by atoms with Crippen LogP contribution in [0.4, 0.5) is 8.78 Å². The number of halogens is 2. The SMILES string of the molecule is CCC(CC)C(=O)/C=C(\O)C(CC)CC.Cc1[c-]c(-c2nccc3c2ccc2ccc(F)cc23)cc(C)c1.Cc1[c-]c(-c2nccc3c2ccc2ccc(F)cc23)cc(C)c1.[Ir]. The summed E-state index contributed by atoms with van der Waals surface area (Å²) in [6, 6.07) is 37.0. The summed E-state index contributed by atoms with van der Waals surface area (Å²) in [4.78, 5) is 20.8. The number of aliphatic hydroxyl groups excluding tert-OH is 1. The van der Waals surface area contributed by atoms with E-state index in [0.717, 1.165) is 102 Å². The zero-order valence-corrected chi connectivity index (χ0v) is 39.2. The number of aliphatic hydroxyl groups is 1. The summed E-state index contributed by atoms with van der Waals surface area (Å²) >= 11 is 0. The number of aromatic nitrogens is 2. The molecular weight excluding hydrogens is 951 g/mol. The first kappa shape index (κ1) is 47.4. The quantitative estimate of drug-likeness (QED) is 0.0677. The van der Waals surface area contributed by atoms with Crippen molar-refractivity contribution >= 4 is 48.9 Å². The summed E-state index contributed by atoms with van der Waals surface area (Å²) in [5.41, 5.74) is 8.27. The largest absolute Gasteiger partial charge is 0.512 e. The van der Waals surface area contributed by atoms with Gasteiger partial charge in [0, 0.05) is 50.4 Å². The molecule has 0 bridgehead atoms. The van der Waals surface area contributed by atoms with Gasteiger partial charge >= 0.3 is 0 Å².